The maximum Gasteiger partial charge on any atom is 0.269 e. The number of carbonyl (C=O) groups excluding carboxylic acids is 1. The van der Waals surface area contributed by atoms with E-state index in [0.717, 1.165) is 25.0 Å². The van der Waals surface area contributed by atoms with Gasteiger partial charge in [-0.1, -0.05) is 24.0 Å². The lowest BCUT2D eigenvalue weighted by Gasteiger charge is -2.18. The second kappa shape index (κ2) is 6.77. The first-order valence-electron chi connectivity index (χ1n) is 7.16. The molecule has 6 nitrogen and oxygen atoms in total. The minimum absolute atomic E-state index is 0.0214. The predicted molar refractivity (Wildman–Crippen MR) is 91.9 cm³/mol. The van der Waals surface area contributed by atoms with Gasteiger partial charge in [0.25, 0.3) is 11.6 Å². The first kappa shape index (κ1) is 16.1. The molecule has 0 saturated carbocycles. The third kappa shape index (κ3) is 3.60. The normalized spacial score (nSPS) is 23.0. The van der Waals surface area contributed by atoms with Crippen molar-refractivity contribution >= 4 is 46.0 Å². The van der Waals surface area contributed by atoms with Crippen molar-refractivity contribution in [3.05, 3.63) is 44.8 Å². The van der Waals surface area contributed by atoms with Crippen molar-refractivity contribution in [3.63, 3.8) is 0 Å². The summed E-state index contributed by atoms with van der Waals surface area (Å²) in [6.07, 6.45) is 3.71. The number of hydrogen-bond donors (Lipinski definition) is 0. The highest BCUT2D eigenvalue weighted by atomic mass is 32.2. The van der Waals surface area contributed by atoms with Crippen molar-refractivity contribution < 1.29 is 14.5 Å². The molecular weight excluding hydrogens is 336 g/mol. The third-order valence-electron chi connectivity index (χ3n) is 3.69. The van der Waals surface area contributed by atoms with Crippen LogP contribution in [0.25, 0.3) is 6.08 Å². The number of thioether (sulfide) groups is 1. The van der Waals surface area contributed by atoms with Gasteiger partial charge >= 0.3 is 0 Å². The molecule has 8 heteroatoms. The standard InChI is InChI=1S/C15H14N2O4S2/c18-14-13(8-10-3-5-11(6-4-10)17(19)20)23-15(22)16(14)9-12-2-1-7-21-12/h3-6,8,12H,1-2,7,9H2/b13-8-. The van der Waals surface area contributed by atoms with E-state index >= 15 is 0 Å². The lowest BCUT2D eigenvalue weighted by atomic mass is 10.2. The average Bonchev–Trinajstić information content (AvgIpc) is 3.12. The summed E-state index contributed by atoms with van der Waals surface area (Å²) in [5.41, 5.74) is 0.751. The Bertz CT molecular complexity index is 681. The van der Waals surface area contributed by atoms with E-state index in [4.69, 9.17) is 17.0 Å². The quantitative estimate of drug-likeness (QED) is 0.360. The number of carbonyl (C=O) groups is 1. The minimum Gasteiger partial charge on any atom is -0.376 e. The van der Waals surface area contributed by atoms with E-state index in [0.29, 0.717) is 15.8 Å². The molecule has 0 bridgehead atoms. The van der Waals surface area contributed by atoms with Gasteiger partial charge in [-0.3, -0.25) is 19.8 Å². The predicted octanol–water partition coefficient (Wildman–Crippen LogP) is 2.98. The van der Waals surface area contributed by atoms with Crippen LogP contribution in [0.3, 0.4) is 0 Å². The van der Waals surface area contributed by atoms with Crippen molar-refractivity contribution in [2.24, 2.45) is 0 Å². The average molecular weight is 350 g/mol. The van der Waals surface area contributed by atoms with Crippen molar-refractivity contribution in [1.82, 2.24) is 4.90 Å². The number of ether oxygens (including phenoxy) is 1. The molecule has 0 N–H and O–H groups in total. The van der Waals surface area contributed by atoms with Crippen molar-refractivity contribution in [2.45, 2.75) is 18.9 Å². The van der Waals surface area contributed by atoms with Crippen molar-refractivity contribution in [2.75, 3.05) is 13.2 Å². The van der Waals surface area contributed by atoms with E-state index in [9.17, 15) is 14.9 Å². The molecule has 2 aliphatic heterocycles. The molecular formula is C15H14N2O4S2. The second-order valence-corrected chi connectivity index (χ2v) is 6.95. The van der Waals surface area contributed by atoms with Gasteiger partial charge < -0.3 is 4.74 Å². The van der Waals surface area contributed by atoms with Crippen molar-refractivity contribution in [3.8, 4) is 0 Å². The molecule has 0 spiro atoms. The molecule has 1 unspecified atom stereocenters. The van der Waals surface area contributed by atoms with Crippen LogP contribution in [0.2, 0.25) is 0 Å². The minimum atomic E-state index is -0.454. The van der Waals surface area contributed by atoms with E-state index in [1.807, 2.05) is 0 Å². The van der Waals surface area contributed by atoms with Gasteiger partial charge in [0.05, 0.1) is 22.5 Å². The molecule has 1 amide bonds. The number of nitro benzene ring substituents is 1. The first-order valence-corrected chi connectivity index (χ1v) is 8.38. The van der Waals surface area contributed by atoms with Gasteiger partial charge in [-0.2, -0.15) is 0 Å². The van der Waals surface area contributed by atoms with E-state index < -0.39 is 4.92 Å². The molecule has 0 aromatic heterocycles. The summed E-state index contributed by atoms with van der Waals surface area (Å²) in [6, 6.07) is 6.06. The van der Waals surface area contributed by atoms with Crippen LogP contribution in [0.15, 0.2) is 29.2 Å². The monoisotopic (exact) mass is 350 g/mol. The molecule has 0 aliphatic carbocycles. The first-order chi connectivity index (χ1) is 11.0. The Morgan fingerprint density at radius 1 is 1.43 bits per heavy atom. The number of benzene rings is 1. The molecule has 23 heavy (non-hydrogen) atoms. The summed E-state index contributed by atoms with van der Waals surface area (Å²) in [7, 11) is 0. The number of amides is 1. The molecule has 2 heterocycles. The number of nitro groups is 1. The molecule has 2 aliphatic rings. The van der Waals surface area contributed by atoms with E-state index in [1.54, 1.807) is 23.1 Å². The zero-order valence-electron chi connectivity index (χ0n) is 12.1. The maximum atomic E-state index is 12.5. The maximum absolute atomic E-state index is 12.5. The van der Waals surface area contributed by atoms with Crippen LogP contribution in [0.1, 0.15) is 18.4 Å². The molecule has 2 saturated heterocycles. The molecule has 2 fully saturated rings. The van der Waals surface area contributed by atoms with E-state index in [-0.39, 0.29) is 17.7 Å². The fraction of sp³-hybridized carbons (Fsp3) is 0.333. The third-order valence-corrected chi connectivity index (χ3v) is 5.06. The molecule has 0 radical (unpaired) electrons. The van der Waals surface area contributed by atoms with Crippen molar-refractivity contribution in [1.29, 1.82) is 0 Å². The van der Waals surface area contributed by atoms with Gasteiger partial charge in [0, 0.05) is 18.7 Å². The Labute approximate surface area is 142 Å². The zero-order valence-corrected chi connectivity index (χ0v) is 13.8. The van der Waals surface area contributed by atoms with Crippen LogP contribution in [0.5, 0.6) is 0 Å². The van der Waals surface area contributed by atoms with Crippen LogP contribution in [-0.2, 0) is 9.53 Å². The molecule has 1 atom stereocenters. The largest absolute Gasteiger partial charge is 0.376 e. The Morgan fingerprint density at radius 3 is 2.78 bits per heavy atom. The molecule has 1 aromatic carbocycles. The number of rotatable bonds is 4. The van der Waals surface area contributed by atoms with E-state index in [1.165, 1.54) is 23.9 Å². The topological polar surface area (TPSA) is 72.7 Å². The Hall–Kier alpha value is -1.77. The molecule has 1 aromatic rings. The van der Waals surface area contributed by atoms with Gasteiger partial charge in [-0.25, -0.2) is 0 Å². The Morgan fingerprint density at radius 2 is 2.17 bits per heavy atom. The summed E-state index contributed by atoms with van der Waals surface area (Å²) >= 11 is 6.53. The van der Waals surface area contributed by atoms with Crippen LogP contribution in [0.4, 0.5) is 5.69 Å². The summed E-state index contributed by atoms with van der Waals surface area (Å²) in [6.45, 7) is 1.22. The molecule has 3 rings (SSSR count). The number of nitrogens with zero attached hydrogens (tertiary/aromatic N) is 2. The summed E-state index contributed by atoms with van der Waals surface area (Å²) in [4.78, 5) is 24.8. The lowest BCUT2D eigenvalue weighted by molar-refractivity contribution is -0.384. The number of hydrogen-bond acceptors (Lipinski definition) is 6. The van der Waals surface area contributed by atoms with Gasteiger partial charge in [0.1, 0.15) is 4.32 Å². The van der Waals surface area contributed by atoms with Crippen LogP contribution < -0.4 is 0 Å². The second-order valence-electron chi connectivity index (χ2n) is 5.28. The highest BCUT2D eigenvalue weighted by molar-refractivity contribution is 8.26. The Balaban J connectivity index is 1.73. The fourth-order valence-corrected chi connectivity index (χ4v) is 3.77. The lowest BCUT2D eigenvalue weighted by Crippen LogP contribution is -2.35. The number of thiocarbonyl (C=S) groups is 1. The van der Waals surface area contributed by atoms with Gasteiger partial charge in [-0.05, 0) is 36.6 Å². The summed E-state index contributed by atoms with van der Waals surface area (Å²) < 4.78 is 6.08. The molecule has 120 valence electrons. The van der Waals surface area contributed by atoms with Crippen LogP contribution >= 0.6 is 24.0 Å². The van der Waals surface area contributed by atoms with Crippen LogP contribution in [-0.4, -0.2) is 39.3 Å². The highest BCUT2D eigenvalue weighted by Crippen LogP contribution is 2.33. The Kier molecular flexibility index (Phi) is 4.74. The van der Waals surface area contributed by atoms with Gasteiger partial charge in [-0.15, -0.1) is 0 Å². The number of non-ortho nitro benzene ring substituents is 1. The SMILES string of the molecule is O=C1/C(=C/c2ccc([N+](=O)[O-])cc2)SC(=S)N1CC1CCCO1. The van der Waals surface area contributed by atoms with Gasteiger partial charge in [0.15, 0.2) is 0 Å². The fourth-order valence-electron chi connectivity index (χ4n) is 2.49. The zero-order chi connectivity index (χ0) is 16.4. The smallest absolute Gasteiger partial charge is 0.269 e. The highest BCUT2D eigenvalue weighted by Gasteiger charge is 2.34. The summed E-state index contributed by atoms with van der Waals surface area (Å²) in [5, 5.41) is 10.7. The van der Waals surface area contributed by atoms with Gasteiger partial charge in [0.2, 0.25) is 0 Å². The van der Waals surface area contributed by atoms with Crippen LogP contribution in [0, 0.1) is 10.1 Å². The summed E-state index contributed by atoms with van der Waals surface area (Å²) in [5.74, 6) is -0.131. The van der Waals surface area contributed by atoms with E-state index in [2.05, 4.69) is 0 Å².